The predicted octanol–water partition coefficient (Wildman–Crippen LogP) is 3.21. The zero-order valence-electron chi connectivity index (χ0n) is 15.9. The average molecular weight is 344 g/mol. The van der Waals surface area contributed by atoms with Gasteiger partial charge in [-0.25, -0.2) is 9.78 Å². The molecule has 6 nitrogen and oxygen atoms in total. The molecule has 1 aliphatic rings. The highest BCUT2D eigenvalue weighted by molar-refractivity contribution is 5.69. The van der Waals surface area contributed by atoms with Gasteiger partial charge in [-0.3, -0.25) is 0 Å². The minimum absolute atomic E-state index is 0.278. The van der Waals surface area contributed by atoms with Crippen molar-refractivity contribution in [3.8, 4) is 6.07 Å². The van der Waals surface area contributed by atoms with Crippen LogP contribution in [-0.4, -0.2) is 47.8 Å². The fourth-order valence-corrected chi connectivity index (χ4v) is 2.86. The van der Waals surface area contributed by atoms with E-state index in [0.29, 0.717) is 37.8 Å². The second-order valence-electron chi connectivity index (χ2n) is 7.88. The molecule has 0 radical (unpaired) electrons. The lowest BCUT2D eigenvalue weighted by Gasteiger charge is -2.37. The van der Waals surface area contributed by atoms with Gasteiger partial charge in [0, 0.05) is 32.4 Å². The van der Waals surface area contributed by atoms with Crippen LogP contribution in [0.4, 0.5) is 10.5 Å². The van der Waals surface area contributed by atoms with Crippen molar-refractivity contribution in [1.82, 2.24) is 9.88 Å². The highest BCUT2D eigenvalue weighted by Crippen LogP contribution is 2.23. The van der Waals surface area contributed by atoms with Gasteiger partial charge in [0.05, 0.1) is 5.69 Å². The zero-order chi connectivity index (χ0) is 18.6. The first-order valence-corrected chi connectivity index (χ1v) is 8.81. The molecule has 1 aliphatic heterocycles. The molecule has 0 saturated carbocycles. The summed E-state index contributed by atoms with van der Waals surface area (Å²) in [4.78, 5) is 20.4. The summed E-state index contributed by atoms with van der Waals surface area (Å²) in [5.41, 5.74) is 1.96. The lowest BCUT2D eigenvalue weighted by atomic mass is 10.0. The van der Waals surface area contributed by atoms with Crippen LogP contribution in [0.25, 0.3) is 0 Å². The van der Waals surface area contributed by atoms with E-state index in [0.717, 1.165) is 17.7 Å². The number of hydrogen-bond donors (Lipinski definition) is 0. The first-order valence-electron chi connectivity index (χ1n) is 8.81. The smallest absolute Gasteiger partial charge is 0.410 e. The largest absolute Gasteiger partial charge is 0.444 e. The standard InChI is InChI=1S/C19H28N4O2/c1-14(2)10-15-11-17(16(12-20)21-13-15)22-6-8-23(9-7-22)18(24)25-19(3,4)5/h11,13-14H,6-10H2,1-5H3. The van der Waals surface area contributed by atoms with Gasteiger partial charge in [-0.2, -0.15) is 5.26 Å². The van der Waals surface area contributed by atoms with Crippen LogP contribution < -0.4 is 4.90 Å². The minimum Gasteiger partial charge on any atom is -0.444 e. The van der Waals surface area contributed by atoms with Gasteiger partial charge in [0.15, 0.2) is 5.69 Å². The molecule has 0 spiro atoms. The van der Waals surface area contributed by atoms with Gasteiger partial charge in [-0.05, 0) is 44.7 Å². The van der Waals surface area contributed by atoms with Crippen molar-refractivity contribution in [3.63, 3.8) is 0 Å². The van der Waals surface area contributed by atoms with Crippen molar-refractivity contribution < 1.29 is 9.53 Å². The summed E-state index contributed by atoms with van der Waals surface area (Å²) in [5, 5.41) is 9.37. The Hall–Kier alpha value is -2.29. The van der Waals surface area contributed by atoms with Gasteiger partial charge >= 0.3 is 6.09 Å². The van der Waals surface area contributed by atoms with Crippen LogP contribution in [0.5, 0.6) is 0 Å². The molecule has 0 unspecified atom stereocenters. The third-order valence-electron chi connectivity index (χ3n) is 3.95. The number of carbonyl (C=O) groups is 1. The Balaban J connectivity index is 2.07. The van der Waals surface area contributed by atoms with Crippen molar-refractivity contribution >= 4 is 11.8 Å². The van der Waals surface area contributed by atoms with E-state index in [-0.39, 0.29) is 6.09 Å². The van der Waals surface area contributed by atoms with Gasteiger partial charge in [-0.1, -0.05) is 13.8 Å². The summed E-state index contributed by atoms with van der Waals surface area (Å²) in [7, 11) is 0. The van der Waals surface area contributed by atoms with Crippen molar-refractivity contribution in [2.24, 2.45) is 5.92 Å². The van der Waals surface area contributed by atoms with Gasteiger partial charge in [0.25, 0.3) is 0 Å². The number of anilines is 1. The lowest BCUT2D eigenvalue weighted by molar-refractivity contribution is 0.0240. The molecule has 1 fully saturated rings. The Labute approximate surface area is 150 Å². The Bertz CT molecular complexity index is 650. The Morgan fingerprint density at radius 1 is 1.32 bits per heavy atom. The van der Waals surface area contributed by atoms with Crippen molar-refractivity contribution in [1.29, 1.82) is 5.26 Å². The van der Waals surface area contributed by atoms with Crippen LogP contribution in [0.2, 0.25) is 0 Å². The van der Waals surface area contributed by atoms with Crippen molar-refractivity contribution in [2.75, 3.05) is 31.1 Å². The van der Waals surface area contributed by atoms with E-state index in [1.807, 2.05) is 20.8 Å². The van der Waals surface area contributed by atoms with E-state index in [2.05, 4.69) is 35.9 Å². The molecule has 0 N–H and O–H groups in total. The first kappa shape index (κ1) is 19.0. The first-order chi connectivity index (χ1) is 11.7. The predicted molar refractivity (Wildman–Crippen MR) is 97.5 cm³/mol. The van der Waals surface area contributed by atoms with Crippen molar-refractivity contribution in [3.05, 3.63) is 23.5 Å². The maximum atomic E-state index is 12.2. The number of nitrogens with zero attached hydrogens (tertiary/aromatic N) is 4. The molecule has 1 aromatic heterocycles. The summed E-state index contributed by atoms with van der Waals surface area (Å²) >= 11 is 0. The summed E-state index contributed by atoms with van der Waals surface area (Å²) in [6.45, 7) is 12.4. The van der Waals surface area contributed by atoms with Crippen LogP contribution >= 0.6 is 0 Å². The number of carbonyl (C=O) groups excluding carboxylic acids is 1. The molecule has 0 bridgehead atoms. The van der Waals surface area contributed by atoms with Gasteiger partial charge < -0.3 is 14.5 Å². The van der Waals surface area contributed by atoms with Crippen molar-refractivity contribution in [2.45, 2.75) is 46.6 Å². The van der Waals surface area contributed by atoms with Gasteiger partial charge in [0.1, 0.15) is 11.7 Å². The molecule has 2 heterocycles. The molecule has 0 aliphatic carbocycles. The number of aromatic nitrogens is 1. The highest BCUT2D eigenvalue weighted by atomic mass is 16.6. The third kappa shape index (κ3) is 5.35. The molecular formula is C19H28N4O2. The molecule has 1 amide bonds. The van der Waals surface area contributed by atoms with Crippen LogP contribution in [-0.2, 0) is 11.2 Å². The van der Waals surface area contributed by atoms with E-state index in [1.165, 1.54) is 0 Å². The molecule has 1 aromatic rings. The second kappa shape index (κ2) is 7.73. The van der Waals surface area contributed by atoms with Crippen LogP contribution in [0.15, 0.2) is 12.3 Å². The fourth-order valence-electron chi connectivity index (χ4n) is 2.86. The number of pyridine rings is 1. The number of piperazine rings is 1. The molecule has 136 valence electrons. The Kier molecular flexibility index (Phi) is 5.89. The maximum Gasteiger partial charge on any atom is 0.410 e. The molecular weight excluding hydrogens is 316 g/mol. The normalized spacial score (nSPS) is 15.2. The number of ether oxygens (including phenoxy) is 1. The highest BCUT2D eigenvalue weighted by Gasteiger charge is 2.27. The minimum atomic E-state index is -0.489. The molecule has 25 heavy (non-hydrogen) atoms. The maximum absolute atomic E-state index is 12.2. The van der Waals surface area contributed by atoms with E-state index >= 15 is 0 Å². The van der Waals surface area contributed by atoms with E-state index in [9.17, 15) is 10.1 Å². The third-order valence-corrected chi connectivity index (χ3v) is 3.95. The average Bonchev–Trinajstić information content (AvgIpc) is 2.53. The van der Waals surface area contributed by atoms with Gasteiger partial charge in [-0.15, -0.1) is 0 Å². The topological polar surface area (TPSA) is 69.5 Å². The lowest BCUT2D eigenvalue weighted by Crippen LogP contribution is -2.50. The SMILES string of the molecule is CC(C)Cc1cnc(C#N)c(N2CCN(C(=O)OC(C)(C)C)CC2)c1. The number of rotatable bonds is 3. The molecule has 6 heteroatoms. The monoisotopic (exact) mass is 344 g/mol. The van der Waals surface area contributed by atoms with E-state index < -0.39 is 5.60 Å². The Morgan fingerprint density at radius 2 is 1.96 bits per heavy atom. The molecule has 0 atom stereocenters. The summed E-state index contributed by atoms with van der Waals surface area (Å²) in [6.07, 6.45) is 2.45. The number of nitriles is 1. The van der Waals surface area contributed by atoms with Crippen LogP contribution in [0, 0.1) is 17.2 Å². The summed E-state index contributed by atoms with van der Waals surface area (Å²) in [5.74, 6) is 0.534. The molecule has 0 aromatic carbocycles. The van der Waals surface area contributed by atoms with Gasteiger partial charge in [0.2, 0.25) is 0 Å². The molecule has 2 rings (SSSR count). The fraction of sp³-hybridized carbons (Fsp3) is 0.632. The zero-order valence-corrected chi connectivity index (χ0v) is 15.9. The number of amides is 1. The summed E-state index contributed by atoms with van der Waals surface area (Å²) in [6, 6.07) is 4.24. The van der Waals surface area contributed by atoms with Crippen LogP contribution in [0.3, 0.4) is 0 Å². The van der Waals surface area contributed by atoms with E-state index in [1.54, 1.807) is 11.1 Å². The quantitative estimate of drug-likeness (QED) is 0.842. The number of hydrogen-bond acceptors (Lipinski definition) is 5. The second-order valence-corrected chi connectivity index (χ2v) is 7.88. The van der Waals surface area contributed by atoms with E-state index in [4.69, 9.17) is 4.74 Å². The van der Waals surface area contributed by atoms with Crippen LogP contribution in [0.1, 0.15) is 45.9 Å². The summed E-state index contributed by atoms with van der Waals surface area (Å²) < 4.78 is 5.43. The Morgan fingerprint density at radius 3 is 2.48 bits per heavy atom. The molecule has 1 saturated heterocycles.